The molecule has 14 heavy (non-hydrogen) atoms. The summed E-state index contributed by atoms with van der Waals surface area (Å²) in [7, 11) is 0. The molecule has 0 heterocycles. The zero-order valence-electron chi connectivity index (χ0n) is 9.14. The first-order valence-corrected chi connectivity index (χ1v) is 4.36. The average Bonchev–Trinajstić information content (AvgIpc) is 2.01. The summed E-state index contributed by atoms with van der Waals surface area (Å²) in [6.45, 7) is 10.2. The molecule has 0 aliphatic rings. The molecule has 0 saturated carbocycles. The molecule has 0 atom stereocenters. The Bertz CT molecular complexity index is 251. The molecule has 4 heteroatoms. The van der Waals surface area contributed by atoms with Crippen molar-refractivity contribution in [2.24, 2.45) is 5.41 Å². The third kappa shape index (κ3) is 4.64. The maximum absolute atomic E-state index is 11.2. The van der Waals surface area contributed by atoms with Gasteiger partial charge in [0.15, 0.2) is 6.73 Å². The minimum Gasteiger partial charge on any atom is -0.444 e. The van der Waals surface area contributed by atoms with E-state index in [2.05, 4.69) is 11.9 Å². The summed E-state index contributed by atoms with van der Waals surface area (Å²) in [4.78, 5) is 22.2. The SMILES string of the molecule is C=C(C)C(=O)NCOC(=O)C(C)(C)C. The third-order valence-corrected chi connectivity index (χ3v) is 1.44. The van der Waals surface area contributed by atoms with E-state index >= 15 is 0 Å². The molecule has 0 unspecified atom stereocenters. The van der Waals surface area contributed by atoms with Crippen LogP contribution >= 0.6 is 0 Å². The molecule has 0 aromatic rings. The Balaban J connectivity index is 3.82. The third-order valence-electron chi connectivity index (χ3n) is 1.44. The number of amides is 1. The topological polar surface area (TPSA) is 55.4 Å². The zero-order valence-corrected chi connectivity index (χ0v) is 9.14. The molecule has 0 saturated heterocycles. The molecule has 0 fully saturated rings. The van der Waals surface area contributed by atoms with Crippen LogP contribution in [0.15, 0.2) is 12.2 Å². The van der Waals surface area contributed by atoms with Crippen molar-refractivity contribution < 1.29 is 14.3 Å². The predicted molar refractivity (Wildman–Crippen MR) is 53.4 cm³/mol. The van der Waals surface area contributed by atoms with Crippen LogP contribution in [-0.2, 0) is 14.3 Å². The van der Waals surface area contributed by atoms with E-state index in [1.165, 1.54) is 0 Å². The first-order valence-electron chi connectivity index (χ1n) is 4.36. The van der Waals surface area contributed by atoms with Gasteiger partial charge in [0, 0.05) is 5.57 Å². The molecule has 80 valence electrons. The molecule has 1 N–H and O–H groups in total. The monoisotopic (exact) mass is 199 g/mol. The number of carbonyl (C=O) groups is 2. The summed E-state index contributed by atoms with van der Waals surface area (Å²) >= 11 is 0. The van der Waals surface area contributed by atoms with Gasteiger partial charge in [0.25, 0.3) is 0 Å². The molecule has 0 aliphatic carbocycles. The Kier molecular flexibility index (Phi) is 4.34. The minimum atomic E-state index is -0.548. The number of carbonyl (C=O) groups excluding carboxylic acids is 2. The molecule has 0 spiro atoms. The van der Waals surface area contributed by atoms with Crippen LogP contribution in [0.3, 0.4) is 0 Å². The number of esters is 1. The number of ether oxygens (including phenoxy) is 1. The van der Waals surface area contributed by atoms with Crippen LogP contribution in [0.25, 0.3) is 0 Å². The van der Waals surface area contributed by atoms with Crippen LogP contribution in [-0.4, -0.2) is 18.6 Å². The number of hydrogen-bond donors (Lipinski definition) is 1. The van der Waals surface area contributed by atoms with Gasteiger partial charge in [0.1, 0.15) is 0 Å². The molecule has 0 radical (unpaired) electrons. The Hall–Kier alpha value is -1.32. The van der Waals surface area contributed by atoms with Gasteiger partial charge in [-0.05, 0) is 27.7 Å². The fourth-order valence-electron chi connectivity index (χ4n) is 0.535. The summed E-state index contributed by atoms with van der Waals surface area (Å²) in [6.07, 6.45) is 0. The van der Waals surface area contributed by atoms with Crippen molar-refractivity contribution in [3.8, 4) is 0 Å². The molecule has 0 bridgehead atoms. The van der Waals surface area contributed by atoms with Crippen LogP contribution in [0, 0.1) is 5.41 Å². The predicted octanol–water partition coefficient (Wildman–Crippen LogP) is 1.23. The van der Waals surface area contributed by atoms with Crippen LogP contribution in [0.1, 0.15) is 27.7 Å². The highest BCUT2D eigenvalue weighted by atomic mass is 16.5. The van der Waals surface area contributed by atoms with E-state index in [-0.39, 0.29) is 18.6 Å². The van der Waals surface area contributed by atoms with Crippen molar-refractivity contribution in [2.75, 3.05) is 6.73 Å². The first kappa shape index (κ1) is 12.7. The van der Waals surface area contributed by atoms with E-state index < -0.39 is 5.41 Å². The van der Waals surface area contributed by atoms with E-state index in [1.807, 2.05) is 0 Å². The van der Waals surface area contributed by atoms with E-state index in [9.17, 15) is 9.59 Å². The lowest BCUT2D eigenvalue weighted by Crippen LogP contribution is -2.31. The van der Waals surface area contributed by atoms with Crippen LogP contribution < -0.4 is 5.32 Å². The highest BCUT2D eigenvalue weighted by molar-refractivity contribution is 5.92. The van der Waals surface area contributed by atoms with Crippen molar-refractivity contribution in [1.29, 1.82) is 0 Å². The Morgan fingerprint density at radius 1 is 1.36 bits per heavy atom. The number of nitrogens with one attached hydrogen (secondary N) is 1. The normalized spacial score (nSPS) is 10.6. The maximum atomic E-state index is 11.2. The number of rotatable bonds is 3. The van der Waals surface area contributed by atoms with Gasteiger partial charge in [0.05, 0.1) is 5.41 Å². The van der Waals surface area contributed by atoms with Crippen molar-refractivity contribution in [3.63, 3.8) is 0 Å². The second kappa shape index (κ2) is 4.79. The molecular formula is C10H17NO3. The minimum absolute atomic E-state index is 0.109. The zero-order chi connectivity index (χ0) is 11.4. The van der Waals surface area contributed by atoms with E-state index in [1.54, 1.807) is 27.7 Å². The van der Waals surface area contributed by atoms with E-state index in [0.29, 0.717) is 5.57 Å². The van der Waals surface area contributed by atoms with Gasteiger partial charge in [-0.1, -0.05) is 6.58 Å². The molecule has 0 rings (SSSR count). The van der Waals surface area contributed by atoms with Crippen molar-refractivity contribution in [1.82, 2.24) is 5.32 Å². The summed E-state index contributed by atoms with van der Waals surface area (Å²) in [5.41, 5.74) is -0.162. The van der Waals surface area contributed by atoms with Gasteiger partial charge in [0.2, 0.25) is 5.91 Å². The lowest BCUT2D eigenvalue weighted by molar-refractivity contribution is -0.154. The van der Waals surface area contributed by atoms with E-state index in [4.69, 9.17) is 4.74 Å². The molecule has 1 amide bonds. The largest absolute Gasteiger partial charge is 0.444 e. The molecule has 0 aromatic heterocycles. The first-order chi connectivity index (χ1) is 6.25. The number of hydrogen-bond acceptors (Lipinski definition) is 3. The summed E-state index contributed by atoms with van der Waals surface area (Å²) in [5.74, 6) is -0.661. The van der Waals surface area contributed by atoms with Gasteiger partial charge in [-0.25, -0.2) is 0 Å². The smallest absolute Gasteiger partial charge is 0.312 e. The van der Waals surface area contributed by atoms with Gasteiger partial charge in [-0.15, -0.1) is 0 Å². The standard InChI is InChI=1S/C10H17NO3/c1-7(2)8(12)11-6-14-9(13)10(3,4)5/h1,6H2,2-5H3,(H,11,12). The second-order valence-electron chi connectivity index (χ2n) is 4.11. The highest BCUT2D eigenvalue weighted by Gasteiger charge is 2.22. The van der Waals surface area contributed by atoms with Crippen molar-refractivity contribution in [3.05, 3.63) is 12.2 Å². The molecule has 0 aromatic carbocycles. The molecule has 4 nitrogen and oxygen atoms in total. The Morgan fingerprint density at radius 3 is 2.21 bits per heavy atom. The van der Waals surface area contributed by atoms with Crippen molar-refractivity contribution in [2.45, 2.75) is 27.7 Å². The van der Waals surface area contributed by atoms with E-state index in [0.717, 1.165) is 0 Å². The van der Waals surface area contributed by atoms with Gasteiger partial charge in [-0.2, -0.15) is 0 Å². The van der Waals surface area contributed by atoms with Gasteiger partial charge >= 0.3 is 5.97 Å². The fourth-order valence-corrected chi connectivity index (χ4v) is 0.535. The van der Waals surface area contributed by atoms with Crippen LogP contribution in [0.2, 0.25) is 0 Å². The maximum Gasteiger partial charge on any atom is 0.312 e. The Labute approximate surface area is 84.3 Å². The quantitative estimate of drug-likeness (QED) is 0.422. The summed E-state index contributed by atoms with van der Waals surface area (Å²) in [6, 6.07) is 0. The summed E-state index contributed by atoms with van der Waals surface area (Å²) < 4.78 is 4.82. The van der Waals surface area contributed by atoms with Crippen LogP contribution in [0.5, 0.6) is 0 Å². The van der Waals surface area contributed by atoms with Crippen molar-refractivity contribution >= 4 is 11.9 Å². The van der Waals surface area contributed by atoms with Crippen LogP contribution in [0.4, 0.5) is 0 Å². The molecular weight excluding hydrogens is 182 g/mol. The van der Waals surface area contributed by atoms with Gasteiger partial charge < -0.3 is 10.1 Å². The van der Waals surface area contributed by atoms with Gasteiger partial charge in [-0.3, -0.25) is 9.59 Å². The lowest BCUT2D eigenvalue weighted by atomic mass is 9.98. The second-order valence-corrected chi connectivity index (χ2v) is 4.11. The average molecular weight is 199 g/mol. The molecule has 0 aliphatic heterocycles. The fraction of sp³-hybridized carbons (Fsp3) is 0.600. The lowest BCUT2D eigenvalue weighted by Gasteiger charge is -2.16. The summed E-state index contributed by atoms with van der Waals surface area (Å²) in [5, 5.41) is 2.40. The highest BCUT2D eigenvalue weighted by Crippen LogP contribution is 2.14. The Morgan fingerprint density at radius 2 is 1.86 bits per heavy atom.